The third-order valence-corrected chi connectivity index (χ3v) is 5.70. The minimum Gasteiger partial charge on any atom is -0.332 e. The molecule has 1 aromatic rings. The van der Waals surface area contributed by atoms with E-state index in [4.69, 9.17) is 9.05 Å². The van der Waals surface area contributed by atoms with Crippen LogP contribution in [0.1, 0.15) is 32.8 Å². The predicted octanol–water partition coefficient (Wildman–Crippen LogP) is 3.49. The molecule has 0 saturated carbocycles. The van der Waals surface area contributed by atoms with E-state index < -0.39 is 18.6 Å². The molecule has 1 heterocycles. The van der Waals surface area contributed by atoms with Crippen LogP contribution in [0.3, 0.4) is 0 Å². The summed E-state index contributed by atoms with van der Waals surface area (Å²) in [6.07, 6.45) is 1.52. The number of benzene rings is 1. The molecule has 23 heavy (non-hydrogen) atoms. The Morgan fingerprint density at radius 1 is 1.39 bits per heavy atom. The van der Waals surface area contributed by atoms with Crippen molar-refractivity contribution in [2.45, 2.75) is 39.4 Å². The van der Waals surface area contributed by atoms with Crippen LogP contribution in [0, 0.1) is 10.1 Å². The second kappa shape index (κ2) is 6.84. The SMILES string of the molecule is CC(=O)C(=Cc1cccc([N+](=O)[O-])c1)[P]1(O)O[C@H](C)C[C@@H](C)O1. The van der Waals surface area contributed by atoms with Crippen LogP contribution in [-0.4, -0.2) is 27.8 Å². The number of nitro groups is 1. The zero-order chi connectivity index (χ0) is 17.2. The first-order valence-electron chi connectivity index (χ1n) is 7.17. The molecule has 1 aliphatic heterocycles. The Kier molecular flexibility index (Phi) is 5.26. The first-order valence-corrected chi connectivity index (χ1v) is 8.75. The van der Waals surface area contributed by atoms with Crippen LogP contribution in [0.2, 0.25) is 0 Å². The van der Waals surface area contributed by atoms with Gasteiger partial charge in [-0.2, -0.15) is 0 Å². The summed E-state index contributed by atoms with van der Waals surface area (Å²) in [7, 11) is -3.50. The third-order valence-electron chi connectivity index (χ3n) is 3.36. The molecule has 1 aromatic carbocycles. The van der Waals surface area contributed by atoms with E-state index in [0.717, 1.165) is 0 Å². The minimum atomic E-state index is -3.50. The van der Waals surface area contributed by atoms with Crippen LogP contribution in [0.15, 0.2) is 29.6 Å². The van der Waals surface area contributed by atoms with Gasteiger partial charge in [0.05, 0.1) is 22.4 Å². The summed E-state index contributed by atoms with van der Waals surface area (Å²) in [5, 5.41) is 10.9. The number of nitrogens with zero attached hydrogens (tertiary/aromatic N) is 1. The summed E-state index contributed by atoms with van der Waals surface area (Å²) >= 11 is 0. The van der Waals surface area contributed by atoms with Crippen LogP contribution in [-0.2, 0) is 13.8 Å². The van der Waals surface area contributed by atoms with E-state index in [2.05, 4.69) is 0 Å². The van der Waals surface area contributed by atoms with E-state index in [1.165, 1.54) is 31.2 Å². The van der Waals surface area contributed by atoms with Crippen molar-refractivity contribution in [2.75, 3.05) is 0 Å². The van der Waals surface area contributed by atoms with Crippen molar-refractivity contribution >= 4 is 25.5 Å². The zero-order valence-electron chi connectivity index (χ0n) is 13.1. The Morgan fingerprint density at radius 2 is 2.00 bits per heavy atom. The molecule has 0 aliphatic carbocycles. The molecule has 8 heteroatoms. The maximum Gasteiger partial charge on any atom is 0.270 e. The molecule has 1 radical (unpaired) electrons. The summed E-state index contributed by atoms with van der Waals surface area (Å²) in [4.78, 5) is 33.0. The first kappa shape index (κ1) is 17.7. The Morgan fingerprint density at radius 3 is 2.52 bits per heavy atom. The molecule has 2 atom stereocenters. The molecule has 1 saturated heterocycles. The highest BCUT2D eigenvalue weighted by Crippen LogP contribution is 2.68. The lowest BCUT2D eigenvalue weighted by atomic mass is 10.2. The predicted molar refractivity (Wildman–Crippen MR) is 86.6 cm³/mol. The topological polar surface area (TPSA) is 98.9 Å². The third kappa shape index (κ3) is 4.20. The van der Waals surface area contributed by atoms with Crippen molar-refractivity contribution in [3.63, 3.8) is 0 Å². The zero-order valence-corrected chi connectivity index (χ0v) is 14.0. The van der Waals surface area contributed by atoms with Gasteiger partial charge in [-0.1, -0.05) is 12.1 Å². The quantitative estimate of drug-likeness (QED) is 0.390. The van der Waals surface area contributed by atoms with E-state index in [9.17, 15) is 19.8 Å². The number of carbonyl (C=O) groups is 1. The second-order valence-electron chi connectivity index (χ2n) is 5.53. The minimum absolute atomic E-state index is 0.0106. The van der Waals surface area contributed by atoms with Crippen molar-refractivity contribution in [1.29, 1.82) is 0 Å². The van der Waals surface area contributed by atoms with Gasteiger partial charge in [-0.15, -0.1) is 0 Å². The van der Waals surface area contributed by atoms with Crippen LogP contribution < -0.4 is 0 Å². The number of hydrogen-bond acceptors (Lipinski definition) is 6. The molecule has 7 nitrogen and oxygen atoms in total. The number of Topliss-reactive ketones (excluding diaryl/α,β-unsaturated/α-hetero) is 1. The standard InChI is InChI=1S/C15H19NO6P/c1-10-7-11(2)22-23(20,21-10)15(12(3)17)9-13-5-4-6-14(8-13)16(18)19/h4-6,8-11,20H,7H2,1-3H3/t10-,11-/m1/s1. The summed E-state index contributed by atoms with van der Waals surface area (Å²) in [6.45, 7) is 4.90. The fourth-order valence-corrected chi connectivity index (χ4v) is 4.58. The monoisotopic (exact) mass is 340 g/mol. The lowest BCUT2D eigenvalue weighted by Crippen LogP contribution is -2.28. The summed E-state index contributed by atoms with van der Waals surface area (Å²) in [6, 6.07) is 5.80. The number of allylic oxidation sites excluding steroid dienone is 1. The Hall–Kier alpha value is -1.66. The van der Waals surface area contributed by atoms with E-state index in [1.807, 2.05) is 0 Å². The van der Waals surface area contributed by atoms with Crippen LogP contribution in [0.25, 0.3) is 6.08 Å². The first-order chi connectivity index (χ1) is 10.7. The van der Waals surface area contributed by atoms with Gasteiger partial charge in [0.2, 0.25) is 0 Å². The van der Waals surface area contributed by atoms with E-state index in [-0.39, 0.29) is 23.2 Å². The molecule has 0 unspecified atom stereocenters. The number of non-ortho nitro benzene ring substituents is 1. The molecule has 0 bridgehead atoms. The summed E-state index contributed by atoms with van der Waals surface area (Å²) in [5.41, 5.74) is 0.329. The normalized spacial score (nSPS) is 28.4. The van der Waals surface area contributed by atoms with Gasteiger partial charge in [0.1, 0.15) is 0 Å². The van der Waals surface area contributed by atoms with Gasteiger partial charge in [0.25, 0.3) is 13.6 Å². The van der Waals surface area contributed by atoms with Gasteiger partial charge in [-0.05, 0) is 32.4 Å². The molecule has 1 aliphatic rings. The van der Waals surface area contributed by atoms with Gasteiger partial charge >= 0.3 is 0 Å². The molecule has 1 fully saturated rings. The van der Waals surface area contributed by atoms with Gasteiger partial charge in [-0.25, -0.2) is 0 Å². The van der Waals surface area contributed by atoms with Crippen molar-refractivity contribution in [3.05, 3.63) is 45.3 Å². The number of nitro benzene ring substituents is 1. The highest BCUT2D eigenvalue weighted by atomic mass is 31.2. The Balaban J connectivity index is 2.43. The van der Waals surface area contributed by atoms with Gasteiger partial charge < -0.3 is 13.9 Å². The van der Waals surface area contributed by atoms with Crippen molar-refractivity contribution < 1.29 is 23.7 Å². The molecule has 0 aromatic heterocycles. The summed E-state index contributed by atoms with van der Waals surface area (Å²) in [5.74, 6) is -0.395. The average molecular weight is 340 g/mol. The van der Waals surface area contributed by atoms with Crippen molar-refractivity contribution in [1.82, 2.24) is 0 Å². The number of carbonyl (C=O) groups excluding carboxylic acids is 1. The van der Waals surface area contributed by atoms with E-state index in [0.29, 0.717) is 12.0 Å². The van der Waals surface area contributed by atoms with Crippen LogP contribution in [0.4, 0.5) is 5.69 Å². The highest BCUT2D eigenvalue weighted by Gasteiger charge is 2.42. The molecular formula is C15H19NO6P. The Labute approximate surface area is 134 Å². The number of rotatable bonds is 4. The Bertz CT molecular complexity index is 649. The maximum absolute atomic E-state index is 12.0. The summed E-state index contributed by atoms with van der Waals surface area (Å²) < 4.78 is 11.1. The average Bonchev–Trinajstić information content (AvgIpc) is 2.43. The van der Waals surface area contributed by atoms with Crippen LogP contribution in [0.5, 0.6) is 0 Å². The molecule has 1 N–H and O–H groups in total. The molecule has 125 valence electrons. The van der Waals surface area contributed by atoms with Crippen LogP contribution >= 0.6 is 7.94 Å². The van der Waals surface area contributed by atoms with Gasteiger partial charge in [0, 0.05) is 18.6 Å². The molecule has 2 rings (SSSR count). The van der Waals surface area contributed by atoms with Gasteiger partial charge in [-0.3, -0.25) is 14.9 Å². The van der Waals surface area contributed by atoms with Crippen molar-refractivity contribution in [2.24, 2.45) is 0 Å². The lowest BCUT2D eigenvalue weighted by molar-refractivity contribution is -0.384. The largest absolute Gasteiger partial charge is 0.332 e. The molecular weight excluding hydrogens is 321 g/mol. The lowest BCUT2D eigenvalue weighted by Gasteiger charge is -2.40. The fourth-order valence-electron chi connectivity index (χ4n) is 2.45. The number of ketones is 1. The van der Waals surface area contributed by atoms with E-state index >= 15 is 0 Å². The van der Waals surface area contributed by atoms with Gasteiger partial charge in [0.15, 0.2) is 5.78 Å². The molecule has 0 spiro atoms. The highest BCUT2D eigenvalue weighted by molar-refractivity contribution is 7.66. The van der Waals surface area contributed by atoms with Crippen molar-refractivity contribution in [3.8, 4) is 0 Å². The molecule has 0 amide bonds. The second-order valence-corrected chi connectivity index (χ2v) is 7.47. The maximum atomic E-state index is 12.0. The number of hydrogen-bond donors (Lipinski definition) is 1. The fraction of sp³-hybridized carbons (Fsp3) is 0.400. The van der Waals surface area contributed by atoms with E-state index in [1.54, 1.807) is 19.9 Å². The smallest absolute Gasteiger partial charge is 0.270 e.